The number of carbonyl (C=O) groups excluding carboxylic acids is 3. The monoisotopic (exact) mass is 332 g/mol. The Morgan fingerprint density at radius 3 is 2.78 bits per heavy atom. The molecule has 1 aromatic heterocycles. The number of nitrogens with zero attached hydrogens (tertiary/aromatic N) is 2. The predicted octanol–water partition coefficient (Wildman–Crippen LogP) is 1.96. The average Bonchev–Trinajstić information content (AvgIpc) is 3.01. The van der Waals surface area contributed by atoms with Gasteiger partial charge in [0.05, 0.1) is 10.2 Å². The summed E-state index contributed by atoms with van der Waals surface area (Å²) >= 11 is 1.34. The van der Waals surface area contributed by atoms with Gasteiger partial charge in [-0.2, -0.15) is 0 Å². The van der Waals surface area contributed by atoms with E-state index < -0.39 is 17.5 Å². The van der Waals surface area contributed by atoms with Crippen LogP contribution in [-0.4, -0.2) is 39.8 Å². The van der Waals surface area contributed by atoms with Crippen molar-refractivity contribution < 1.29 is 14.4 Å². The lowest BCUT2D eigenvalue weighted by molar-refractivity contribution is -0.133. The van der Waals surface area contributed by atoms with E-state index in [0.717, 1.165) is 15.1 Å². The highest BCUT2D eigenvalue weighted by Crippen LogP contribution is 2.25. The van der Waals surface area contributed by atoms with Crippen LogP contribution in [0.15, 0.2) is 24.3 Å². The molecular formula is C15H16N4O3S. The quantitative estimate of drug-likeness (QED) is 0.837. The van der Waals surface area contributed by atoms with Crippen LogP contribution in [0.4, 0.5) is 9.93 Å². The first-order chi connectivity index (χ1) is 10.9. The first kappa shape index (κ1) is 15.4. The SMILES string of the molecule is CCC1(C)NC(=O)N(CC(=O)Nc2nc3ccccc3s2)C1=O. The molecule has 0 spiro atoms. The molecule has 0 saturated carbocycles. The number of aromatic nitrogens is 1. The number of thiazole rings is 1. The third kappa shape index (κ3) is 2.77. The molecule has 1 aromatic carbocycles. The van der Waals surface area contributed by atoms with Gasteiger partial charge in [0, 0.05) is 0 Å². The number of rotatable bonds is 4. The highest BCUT2D eigenvalue weighted by atomic mass is 32.1. The van der Waals surface area contributed by atoms with E-state index in [1.54, 1.807) is 6.92 Å². The molecule has 2 N–H and O–H groups in total. The lowest BCUT2D eigenvalue weighted by Crippen LogP contribution is -2.44. The Labute approximate surface area is 136 Å². The van der Waals surface area contributed by atoms with Crippen LogP contribution < -0.4 is 10.6 Å². The maximum atomic E-state index is 12.2. The molecule has 0 aliphatic carbocycles. The van der Waals surface area contributed by atoms with Crippen molar-refractivity contribution in [2.75, 3.05) is 11.9 Å². The Hall–Kier alpha value is -2.48. The zero-order chi connectivity index (χ0) is 16.6. The fourth-order valence-corrected chi connectivity index (χ4v) is 3.24. The van der Waals surface area contributed by atoms with E-state index in [4.69, 9.17) is 0 Å². The lowest BCUT2D eigenvalue weighted by atomic mass is 9.99. The number of nitrogens with one attached hydrogen (secondary N) is 2. The third-order valence-corrected chi connectivity index (χ3v) is 4.85. The topological polar surface area (TPSA) is 91.4 Å². The second kappa shape index (κ2) is 5.62. The number of carbonyl (C=O) groups is 3. The van der Waals surface area contributed by atoms with Crippen LogP contribution in [0, 0.1) is 0 Å². The summed E-state index contributed by atoms with van der Waals surface area (Å²) in [5.74, 6) is -0.836. The highest BCUT2D eigenvalue weighted by Gasteiger charge is 2.46. The van der Waals surface area contributed by atoms with Crippen LogP contribution in [0.3, 0.4) is 0 Å². The minimum atomic E-state index is -0.937. The Balaban J connectivity index is 1.70. The van der Waals surface area contributed by atoms with Gasteiger partial charge in [-0.25, -0.2) is 9.78 Å². The Morgan fingerprint density at radius 1 is 1.39 bits per heavy atom. The molecule has 2 aromatic rings. The highest BCUT2D eigenvalue weighted by molar-refractivity contribution is 7.22. The van der Waals surface area contributed by atoms with E-state index in [2.05, 4.69) is 15.6 Å². The van der Waals surface area contributed by atoms with E-state index in [9.17, 15) is 14.4 Å². The van der Waals surface area contributed by atoms with Gasteiger partial charge in [-0.1, -0.05) is 30.4 Å². The summed E-state index contributed by atoms with van der Waals surface area (Å²) in [6.45, 7) is 3.14. The van der Waals surface area contributed by atoms with Crippen LogP contribution in [0.5, 0.6) is 0 Å². The van der Waals surface area contributed by atoms with Gasteiger partial charge >= 0.3 is 6.03 Å². The number of fused-ring (bicyclic) bond motifs is 1. The number of amides is 4. The summed E-state index contributed by atoms with van der Waals surface area (Å²) in [5.41, 5.74) is -0.144. The van der Waals surface area contributed by atoms with Crippen LogP contribution >= 0.6 is 11.3 Å². The van der Waals surface area contributed by atoms with Crippen molar-refractivity contribution in [3.05, 3.63) is 24.3 Å². The van der Waals surface area contributed by atoms with E-state index in [1.165, 1.54) is 11.3 Å². The van der Waals surface area contributed by atoms with Gasteiger partial charge < -0.3 is 10.6 Å². The van der Waals surface area contributed by atoms with Crippen molar-refractivity contribution in [3.8, 4) is 0 Å². The van der Waals surface area contributed by atoms with E-state index in [1.807, 2.05) is 31.2 Å². The average molecular weight is 332 g/mol. The molecule has 8 heteroatoms. The summed E-state index contributed by atoms with van der Waals surface area (Å²) in [6.07, 6.45) is 0.466. The van der Waals surface area contributed by atoms with Crippen molar-refractivity contribution in [2.45, 2.75) is 25.8 Å². The van der Waals surface area contributed by atoms with Gasteiger partial charge in [0.15, 0.2) is 5.13 Å². The summed E-state index contributed by atoms with van der Waals surface area (Å²) in [4.78, 5) is 41.5. The molecule has 1 fully saturated rings. The van der Waals surface area contributed by atoms with Crippen molar-refractivity contribution in [2.24, 2.45) is 0 Å². The summed E-state index contributed by atoms with van der Waals surface area (Å²) < 4.78 is 0.955. The van der Waals surface area contributed by atoms with Crippen molar-refractivity contribution in [3.63, 3.8) is 0 Å². The van der Waals surface area contributed by atoms with Gasteiger partial charge in [-0.05, 0) is 25.5 Å². The number of urea groups is 1. The first-order valence-electron chi connectivity index (χ1n) is 7.22. The fourth-order valence-electron chi connectivity index (χ4n) is 2.36. The van der Waals surface area contributed by atoms with Crippen LogP contribution in [0.1, 0.15) is 20.3 Å². The maximum absolute atomic E-state index is 12.2. The Bertz CT molecular complexity index is 770. The summed E-state index contributed by atoms with van der Waals surface area (Å²) in [5, 5.41) is 5.70. The number of anilines is 1. The van der Waals surface area contributed by atoms with Gasteiger partial charge in [-0.3, -0.25) is 14.5 Å². The number of para-hydroxylation sites is 1. The number of hydrogen-bond acceptors (Lipinski definition) is 5. The normalized spacial score (nSPS) is 20.9. The Kier molecular flexibility index (Phi) is 3.77. The number of hydrogen-bond donors (Lipinski definition) is 2. The molecule has 1 aliphatic heterocycles. The first-order valence-corrected chi connectivity index (χ1v) is 8.04. The molecule has 23 heavy (non-hydrogen) atoms. The largest absolute Gasteiger partial charge is 0.325 e. The molecular weight excluding hydrogens is 316 g/mol. The molecule has 1 saturated heterocycles. The molecule has 1 aliphatic rings. The smallest absolute Gasteiger partial charge is 0.323 e. The molecule has 0 bridgehead atoms. The van der Waals surface area contributed by atoms with Crippen LogP contribution in [-0.2, 0) is 9.59 Å². The molecule has 7 nitrogen and oxygen atoms in total. The molecule has 1 unspecified atom stereocenters. The minimum absolute atomic E-state index is 0.323. The molecule has 0 radical (unpaired) electrons. The van der Waals surface area contributed by atoms with Gasteiger partial charge in [0.25, 0.3) is 5.91 Å². The van der Waals surface area contributed by atoms with Crippen molar-refractivity contribution in [1.82, 2.24) is 15.2 Å². The van der Waals surface area contributed by atoms with E-state index in [0.29, 0.717) is 11.6 Å². The molecule has 3 rings (SSSR count). The van der Waals surface area contributed by atoms with Crippen LogP contribution in [0.2, 0.25) is 0 Å². The van der Waals surface area contributed by atoms with Gasteiger partial charge in [0.1, 0.15) is 12.1 Å². The summed E-state index contributed by atoms with van der Waals surface area (Å²) in [6, 6.07) is 6.98. The molecule has 2 heterocycles. The standard InChI is InChI=1S/C15H16N4O3S/c1-3-15(2)12(21)19(14(22)18-15)8-11(20)17-13-16-9-6-4-5-7-10(9)23-13/h4-7H,3,8H2,1-2H3,(H,18,22)(H,16,17,20). The van der Waals surface area contributed by atoms with Gasteiger partial charge in [0.2, 0.25) is 5.91 Å². The second-order valence-corrected chi connectivity index (χ2v) is 6.57. The molecule has 120 valence electrons. The molecule has 4 amide bonds. The number of benzene rings is 1. The lowest BCUT2D eigenvalue weighted by Gasteiger charge is -2.18. The zero-order valence-electron chi connectivity index (χ0n) is 12.8. The Morgan fingerprint density at radius 2 is 2.13 bits per heavy atom. The van der Waals surface area contributed by atoms with Gasteiger partial charge in [-0.15, -0.1) is 0 Å². The summed E-state index contributed by atoms with van der Waals surface area (Å²) in [7, 11) is 0. The zero-order valence-corrected chi connectivity index (χ0v) is 13.6. The van der Waals surface area contributed by atoms with Crippen LogP contribution in [0.25, 0.3) is 10.2 Å². The fraction of sp³-hybridized carbons (Fsp3) is 0.333. The van der Waals surface area contributed by atoms with Crippen molar-refractivity contribution in [1.29, 1.82) is 0 Å². The predicted molar refractivity (Wildman–Crippen MR) is 87.2 cm³/mol. The van der Waals surface area contributed by atoms with E-state index in [-0.39, 0.29) is 12.5 Å². The molecule has 1 atom stereocenters. The minimum Gasteiger partial charge on any atom is -0.323 e. The maximum Gasteiger partial charge on any atom is 0.325 e. The van der Waals surface area contributed by atoms with E-state index >= 15 is 0 Å². The third-order valence-electron chi connectivity index (χ3n) is 3.89. The van der Waals surface area contributed by atoms with Crippen molar-refractivity contribution >= 4 is 44.5 Å². The number of imide groups is 1. The second-order valence-electron chi connectivity index (χ2n) is 5.54.